The van der Waals surface area contributed by atoms with Gasteiger partial charge in [0.25, 0.3) is 10.0 Å². The fourth-order valence-electron chi connectivity index (χ4n) is 2.37. The van der Waals surface area contributed by atoms with E-state index < -0.39 is 10.0 Å². The molecule has 0 atom stereocenters. The summed E-state index contributed by atoms with van der Waals surface area (Å²) in [6, 6.07) is 8.26. The molecule has 152 valence electrons. The molecule has 0 bridgehead atoms. The molecule has 8 heteroatoms. The van der Waals surface area contributed by atoms with Gasteiger partial charge in [-0.05, 0) is 68.1 Å². The quantitative estimate of drug-likeness (QED) is 0.476. The van der Waals surface area contributed by atoms with Crippen LogP contribution in [0.15, 0.2) is 40.3 Å². The van der Waals surface area contributed by atoms with Crippen LogP contribution >= 0.6 is 11.6 Å². The maximum Gasteiger partial charge on any atom is 0.276 e. The summed E-state index contributed by atoms with van der Waals surface area (Å²) >= 11 is 6.30. The Morgan fingerprint density at radius 1 is 1.11 bits per heavy atom. The number of sulfonamides is 1. The van der Waals surface area contributed by atoms with Crippen LogP contribution < -0.4 is 14.3 Å². The molecule has 2 aromatic carbocycles. The summed E-state index contributed by atoms with van der Waals surface area (Å²) in [5.74, 6) is 0.958. The van der Waals surface area contributed by atoms with Gasteiger partial charge in [-0.15, -0.1) is 0 Å². The lowest BCUT2D eigenvalue weighted by molar-refractivity contribution is 0.277. The van der Waals surface area contributed by atoms with E-state index in [1.54, 1.807) is 30.3 Å². The van der Waals surface area contributed by atoms with E-state index >= 15 is 0 Å². The van der Waals surface area contributed by atoms with Crippen LogP contribution in [-0.4, -0.2) is 27.8 Å². The highest BCUT2D eigenvalue weighted by Crippen LogP contribution is 2.36. The first-order valence-corrected chi connectivity index (χ1v) is 10.9. The molecule has 0 aromatic heterocycles. The van der Waals surface area contributed by atoms with Gasteiger partial charge >= 0.3 is 0 Å². The molecule has 0 unspecified atom stereocenters. The van der Waals surface area contributed by atoms with E-state index in [-0.39, 0.29) is 4.90 Å². The number of nitrogens with zero attached hydrogens (tertiary/aromatic N) is 1. The number of hydrazone groups is 1. The average molecular weight is 425 g/mol. The summed E-state index contributed by atoms with van der Waals surface area (Å²) in [6.45, 7) is 8.59. The van der Waals surface area contributed by atoms with Crippen molar-refractivity contribution in [1.82, 2.24) is 4.83 Å². The number of benzene rings is 2. The number of nitrogens with one attached hydrogen (secondary N) is 1. The minimum atomic E-state index is -3.76. The van der Waals surface area contributed by atoms with Crippen molar-refractivity contribution in [2.24, 2.45) is 5.10 Å². The molecule has 1 N–H and O–H groups in total. The predicted molar refractivity (Wildman–Crippen MR) is 112 cm³/mol. The number of ether oxygens (including phenoxy) is 2. The molecule has 0 saturated carbocycles. The highest BCUT2D eigenvalue weighted by Gasteiger charge is 2.14. The summed E-state index contributed by atoms with van der Waals surface area (Å²) in [6.07, 6.45) is 2.21. The van der Waals surface area contributed by atoms with Crippen LogP contribution in [0.4, 0.5) is 0 Å². The van der Waals surface area contributed by atoms with Gasteiger partial charge < -0.3 is 9.47 Å². The summed E-state index contributed by atoms with van der Waals surface area (Å²) in [7, 11) is -3.76. The molecule has 0 radical (unpaired) electrons. The minimum absolute atomic E-state index is 0.157. The first kappa shape index (κ1) is 22.0. The van der Waals surface area contributed by atoms with Gasteiger partial charge in [-0.2, -0.15) is 13.5 Å². The lowest BCUT2D eigenvalue weighted by atomic mass is 10.1. The highest BCUT2D eigenvalue weighted by atomic mass is 35.5. The van der Waals surface area contributed by atoms with Crippen molar-refractivity contribution in [1.29, 1.82) is 0 Å². The Kier molecular flexibility index (Phi) is 7.71. The third kappa shape index (κ3) is 5.62. The second-order valence-electron chi connectivity index (χ2n) is 6.21. The monoisotopic (exact) mass is 424 g/mol. The molecule has 0 aliphatic heterocycles. The Morgan fingerprint density at radius 2 is 1.86 bits per heavy atom. The SMILES string of the molecule is CCCOc1c(Cl)cc(/C=N/NS(=O)(=O)c2ccc(C)c(C)c2)cc1OCC. The van der Waals surface area contributed by atoms with E-state index in [4.69, 9.17) is 21.1 Å². The molecule has 0 amide bonds. The van der Waals surface area contributed by atoms with Gasteiger partial charge in [0.15, 0.2) is 11.5 Å². The maximum absolute atomic E-state index is 12.4. The summed E-state index contributed by atoms with van der Waals surface area (Å²) < 4.78 is 36.0. The molecule has 0 heterocycles. The fourth-order valence-corrected chi connectivity index (χ4v) is 3.52. The van der Waals surface area contributed by atoms with Gasteiger partial charge in [-0.1, -0.05) is 24.6 Å². The molecule has 0 spiro atoms. The number of aryl methyl sites for hydroxylation is 2. The zero-order valence-corrected chi connectivity index (χ0v) is 18.0. The Morgan fingerprint density at radius 3 is 2.50 bits per heavy atom. The number of rotatable bonds is 9. The number of halogens is 1. The fraction of sp³-hybridized carbons (Fsp3) is 0.350. The maximum atomic E-state index is 12.4. The van der Waals surface area contributed by atoms with Crippen LogP contribution in [0.1, 0.15) is 37.0 Å². The van der Waals surface area contributed by atoms with Gasteiger partial charge in [0.05, 0.1) is 29.3 Å². The number of hydrogen-bond acceptors (Lipinski definition) is 5. The normalized spacial score (nSPS) is 11.6. The van der Waals surface area contributed by atoms with Crippen molar-refractivity contribution in [2.45, 2.75) is 39.0 Å². The van der Waals surface area contributed by atoms with Gasteiger partial charge in [0.1, 0.15) is 0 Å². The van der Waals surface area contributed by atoms with Crippen LogP contribution in [-0.2, 0) is 10.0 Å². The molecule has 0 aliphatic carbocycles. The Hall–Kier alpha value is -2.25. The molecule has 0 saturated heterocycles. The van der Waals surface area contributed by atoms with Crippen LogP contribution in [0.2, 0.25) is 5.02 Å². The van der Waals surface area contributed by atoms with Crippen LogP contribution in [0.25, 0.3) is 0 Å². The first-order chi connectivity index (χ1) is 13.3. The van der Waals surface area contributed by atoms with E-state index in [0.717, 1.165) is 17.5 Å². The largest absolute Gasteiger partial charge is 0.490 e. The van der Waals surface area contributed by atoms with Crippen LogP contribution in [0.3, 0.4) is 0 Å². The van der Waals surface area contributed by atoms with Crippen molar-refractivity contribution in [3.63, 3.8) is 0 Å². The average Bonchev–Trinajstić information content (AvgIpc) is 2.63. The van der Waals surface area contributed by atoms with Crippen molar-refractivity contribution in [3.05, 3.63) is 52.0 Å². The molecule has 0 fully saturated rings. The lowest BCUT2D eigenvalue weighted by Gasteiger charge is -2.13. The zero-order chi connectivity index (χ0) is 20.7. The summed E-state index contributed by atoms with van der Waals surface area (Å²) in [5.41, 5.74) is 2.49. The van der Waals surface area contributed by atoms with Gasteiger partial charge in [0, 0.05) is 0 Å². The van der Waals surface area contributed by atoms with Crippen LogP contribution in [0, 0.1) is 13.8 Å². The Balaban J connectivity index is 2.22. The first-order valence-electron chi connectivity index (χ1n) is 8.99. The molecule has 6 nitrogen and oxygen atoms in total. The van der Waals surface area contributed by atoms with Crippen molar-refractivity contribution < 1.29 is 17.9 Å². The van der Waals surface area contributed by atoms with Crippen molar-refractivity contribution >= 4 is 27.8 Å². The lowest BCUT2D eigenvalue weighted by Crippen LogP contribution is -2.18. The molecular formula is C20H25ClN2O4S. The van der Waals surface area contributed by atoms with Gasteiger partial charge in [-0.25, -0.2) is 4.83 Å². The predicted octanol–water partition coefficient (Wildman–Crippen LogP) is 4.46. The Labute approximate surface area is 171 Å². The smallest absolute Gasteiger partial charge is 0.276 e. The van der Waals surface area contributed by atoms with Crippen molar-refractivity contribution in [2.75, 3.05) is 13.2 Å². The molecule has 2 aromatic rings. The van der Waals surface area contributed by atoms with Gasteiger partial charge in [0.2, 0.25) is 0 Å². The molecule has 28 heavy (non-hydrogen) atoms. The third-order valence-electron chi connectivity index (χ3n) is 3.96. The topological polar surface area (TPSA) is 77.0 Å². The minimum Gasteiger partial charge on any atom is -0.490 e. The van der Waals surface area contributed by atoms with Crippen molar-refractivity contribution in [3.8, 4) is 11.5 Å². The summed E-state index contributed by atoms with van der Waals surface area (Å²) in [4.78, 5) is 2.37. The second kappa shape index (κ2) is 9.80. The number of hydrogen-bond donors (Lipinski definition) is 1. The Bertz CT molecular complexity index is 959. The summed E-state index contributed by atoms with van der Waals surface area (Å²) in [5, 5.41) is 4.23. The van der Waals surface area contributed by atoms with E-state index in [0.29, 0.717) is 35.3 Å². The molecule has 2 rings (SSSR count). The second-order valence-corrected chi connectivity index (χ2v) is 8.28. The van der Waals surface area contributed by atoms with Crippen LogP contribution in [0.5, 0.6) is 11.5 Å². The zero-order valence-electron chi connectivity index (χ0n) is 16.5. The van der Waals surface area contributed by atoms with Gasteiger partial charge in [-0.3, -0.25) is 0 Å². The standard InChI is InChI=1S/C20H25ClN2O4S/c1-5-9-27-20-18(21)11-16(12-19(20)26-6-2)13-22-23-28(24,25)17-8-7-14(3)15(4)10-17/h7-8,10-13,23H,5-6,9H2,1-4H3/b22-13+. The van der Waals surface area contributed by atoms with E-state index in [9.17, 15) is 8.42 Å². The molecule has 0 aliphatic rings. The third-order valence-corrected chi connectivity index (χ3v) is 5.46. The van der Waals surface area contributed by atoms with E-state index in [1.807, 2.05) is 27.7 Å². The highest BCUT2D eigenvalue weighted by molar-refractivity contribution is 7.89. The van der Waals surface area contributed by atoms with E-state index in [2.05, 4.69) is 9.93 Å². The van der Waals surface area contributed by atoms with E-state index in [1.165, 1.54) is 6.21 Å². The molecular weight excluding hydrogens is 400 g/mol.